The van der Waals surface area contributed by atoms with Crippen LogP contribution >= 0.6 is 12.4 Å². The minimum atomic E-state index is -3.42. The summed E-state index contributed by atoms with van der Waals surface area (Å²) in [6.07, 6.45) is 6.32. The molecule has 2 rings (SSSR count). The Morgan fingerprint density at radius 1 is 1.04 bits per heavy atom. The first kappa shape index (κ1) is 21.4. The maximum atomic E-state index is 12.2. The van der Waals surface area contributed by atoms with E-state index in [-0.39, 0.29) is 12.4 Å². The van der Waals surface area contributed by atoms with Crippen molar-refractivity contribution in [2.45, 2.75) is 42.9 Å². The van der Waals surface area contributed by atoms with Crippen LogP contribution in [0.3, 0.4) is 0 Å². The first-order valence-corrected chi connectivity index (χ1v) is 9.91. The Morgan fingerprint density at radius 3 is 2.33 bits per heavy atom. The van der Waals surface area contributed by atoms with Crippen LogP contribution in [-0.4, -0.2) is 41.8 Å². The van der Waals surface area contributed by atoms with Gasteiger partial charge in [0, 0.05) is 26.7 Å². The predicted octanol–water partition coefficient (Wildman–Crippen LogP) is 2.67. The first-order valence-electron chi connectivity index (χ1n) is 8.43. The smallest absolute Gasteiger partial charge is 0.240 e. The summed E-state index contributed by atoms with van der Waals surface area (Å²) in [4.78, 5) is 0.342. The average Bonchev–Trinajstić information content (AvgIpc) is 2.59. The molecule has 0 radical (unpaired) electrons. The third-order valence-corrected chi connectivity index (χ3v) is 5.82. The Kier molecular flexibility index (Phi) is 9.85. The lowest BCUT2D eigenvalue weighted by atomic mass is 9.84. The number of hydrogen-bond acceptors (Lipinski definition) is 4. The Balaban J connectivity index is 0.00000288. The van der Waals surface area contributed by atoms with Crippen LogP contribution in [0.1, 0.15) is 43.6 Å². The molecule has 5 nitrogen and oxygen atoms in total. The van der Waals surface area contributed by atoms with Crippen LogP contribution in [0.15, 0.2) is 29.2 Å². The van der Waals surface area contributed by atoms with Gasteiger partial charge in [-0.25, -0.2) is 13.1 Å². The molecule has 2 N–H and O–H groups in total. The molecule has 0 amide bonds. The topological polar surface area (TPSA) is 67.4 Å². The van der Waals surface area contributed by atoms with Gasteiger partial charge in [0.2, 0.25) is 10.0 Å². The van der Waals surface area contributed by atoms with Gasteiger partial charge in [0.25, 0.3) is 0 Å². The van der Waals surface area contributed by atoms with E-state index in [0.717, 1.165) is 0 Å². The monoisotopic (exact) mass is 376 g/mol. The van der Waals surface area contributed by atoms with Crippen molar-refractivity contribution in [1.82, 2.24) is 10.0 Å². The van der Waals surface area contributed by atoms with Crippen molar-refractivity contribution in [3.8, 4) is 0 Å². The number of nitrogens with one attached hydrogen (secondary N) is 2. The van der Waals surface area contributed by atoms with Crippen molar-refractivity contribution in [2.24, 2.45) is 0 Å². The lowest BCUT2D eigenvalue weighted by Crippen LogP contribution is -2.33. The Bertz CT molecular complexity index is 558. The van der Waals surface area contributed by atoms with Crippen LogP contribution in [0.4, 0.5) is 0 Å². The van der Waals surface area contributed by atoms with Crippen LogP contribution in [0.2, 0.25) is 0 Å². The number of hydrogen-bond donors (Lipinski definition) is 2. The number of benzene rings is 1. The van der Waals surface area contributed by atoms with Crippen LogP contribution in [0.5, 0.6) is 0 Å². The van der Waals surface area contributed by atoms with E-state index in [1.165, 1.54) is 37.7 Å². The van der Waals surface area contributed by atoms with Crippen LogP contribution in [0, 0.1) is 0 Å². The van der Waals surface area contributed by atoms with Gasteiger partial charge in [0.1, 0.15) is 0 Å². The number of methoxy groups -OCH3 is 1. The number of rotatable bonds is 9. The minimum Gasteiger partial charge on any atom is -0.383 e. The van der Waals surface area contributed by atoms with Crippen molar-refractivity contribution < 1.29 is 13.2 Å². The predicted molar refractivity (Wildman–Crippen MR) is 99.5 cm³/mol. The summed E-state index contributed by atoms with van der Waals surface area (Å²) in [5.74, 6) is 0.596. The minimum absolute atomic E-state index is 0. The lowest BCUT2D eigenvalue weighted by Gasteiger charge is -2.22. The number of sulfonamides is 1. The van der Waals surface area contributed by atoms with E-state index in [4.69, 9.17) is 4.74 Å². The van der Waals surface area contributed by atoms with Gasteiger partial charge in [-0.15, -0.1) is 12.4 Å². The molecule has 1 aliphatic rings. The summed E-state index contributed by atoms with van der Waals surface area (Å²) >= 11 is 0. The fourth-order valence-electron chi connectivity index (χ4n) is 3.01. The Labute approximate surface area is 152 Å². The molecular formula is C17H29ClN2O3S. The molecule has 0 aliphatic heterocycles. The van der Waals surface area contributed by atoms with Crippen molar-refractivity contribution in [3.63, 3.8) is 0 Å². The zero-order valence-electron chi connectivity index (χ0n) is 14.3. The molecule has 1 aromatic rings. The second-order valence-corrected chi connectivity index (χ2v) is 7.81. The molecule has 0 heterocycles. The summed E-state index contributed by atoms with van der Waals surface area (Å²) in [5.41, 5.74) is 1.27. The van der Waals surface area contributed by atoms with Gasteiger partial charge in [-0.3, -0.25) is 0 Å². The van der Waals surface area contributed by atoms with Crippen molar-refractivity contribution >= 4 is 22.4 Å². The molecule has 0 atom stereocenters. The van der Waals surface area contributed by atoms with Gasteiger partial charge in [0.05, 0.1) is 11.5 Å². The SMILES string of the molecule is COCCNCCNS(=O)(=O)c1ccc(C2CCCCC2)cc1.Cl. The second kappa shape index (κ2) is 11.1. The van der Waals surface area contributed by atoms with E-state index in [2.05, 4.69) is 10.0 Å². The van der Waals surface area contributed by atoms with Crippen LogP contribution < -0.4 is 10.0 Å². The molecule has 24 heavy (non-hydrogen) atoms. The van der Waals surface area contributed by atoms with Crippen molar-refractivity contribution in [2.75, 3.05) is 33.4 Å². The fourth-order valence-corrected chi connectivity index (χ4v) is 4.04. The summed E-state index contributed by atoms with van der Waals surface area (Å²) in [7, 11) is -1.78. The number of ether oxygens (including phenoxy) is 1. The lowest BCUT2D eigenvalue weighted by molar-refractivity contribution is 0.199. The second-order valence-electron chi connectivity index (χ2n) is 6.04. The molecule has 0 unspecified atom stereocenters. The molecule has 138 valence electrons. The van der Waals surface area contributed by atoms with E-state index in [0.29, 0.717) is 37.1 Å². The van der Waals surface area contributed by atoms with Crippen molar-refractivity contribution in [3.05, 3.63) is 29.8 Å². The molecule has 0 bridgehead atoms. The van der Waals surface area contributed by atoms with Gasteiger partial charge in [-0.05, 0) is 36.5 Å². The quantitative estimate of drug-likeness (QED) is 0.650. The van der Waals surface area contributed by atoms with Crippen molar-refractivity contribution in [1.29, 1.82) is 0 Å². The maximum absolute atomic E-state index is 12.2. The third-order valence-electron chi connectivity index (χ3n) is 4.34. The Morgan fingerprint density at radius 2 is 1.71 bits per heavy atom. The molecule has 1 aliphatic carbocycles. The molecule has 0 aromatic heterocycles. The van der Waals surface area contributed by atoms with E-state index >= 15 is 0 Å². The van der Waals surface area contributed by atoms with Gasteiger partial charge < -0.3 is 10.1 Å². The maximum Gasteiger partial charge on any atom is 0.240 e. The summed E-state index contributed by atoms with van der Waals surface area (Å²) in [6, 6.07) is 7.40. The molecule has 1 aromatic carbocycles. The summed E-state index contributed by atoms with van der Waals surface area (Å²) < 4.78 is 32.0. The van der Waals surface area contributed by atoms with E-state index in [1.807, 2.05) is 12.1 Å². The highest BCUT2D eigenvalue weighted by Crippen LogP contribution is 2.32. The largest absolute Gasteiger partial charge is 0.383 e. The Hall–Kier alpha value is -0.660. The van der Waals surface area contributed by atoms with Crippen LogP contribution in [0.25, 0.3) is 0 Å². The van der Waals surface area contributed by atoms with E-state index in [1.54, 1.807) is 19.2 Å². The highest BCUT2D eigenvalue weighted by atomic mass is 35.5. The highest BCUT2D eigenvalue weighted by Gasteiger charge is 2.17. The molecular weight excluding hydrogens is 348 g/mol. The highest BCUT2D eigenvalue weighted by molar-refractivity contribution is 7.89. The molecule has 7 heteroatoms. The molecule has 1 fully saturated rings. The zero-order chi connectivity index (χ0) is 16.5. The fraction of sp³-hybridized carbons (Fsp3) is 0.647. The van der Waals surface area contributed by atoms with E-state index in [9.17, 15) is 8.42 Å². The standard InChI is InChI=1S/C17H28N2O3S.ClH/c1-22-14-13-18-11-12-19-23(20,21)17-9-7-16(8-10-17)15-5-3-2-4-6-15;/h7-10,15,18-19H,2-6,11-14H2,1H3;1H. The van der Waals surface area contributed by atoms with E-state index < -0.39 is 10.0 Å². The molecule has 1 saturated carbocycles. The van der Waals surface area contributed by atoms with Gasteiger partial charge >= 0.3 is 0 Å². The number of halogens is 1. The first-order chi connectivity index (χ1) is 11.1. The van der Waals surface area contributed by atoms with Crippen LogP contribution in [-0.2, 0) is 14.8 Å². The molecule has 0 saturated heterocycles. The average molecular weight is 377 g/mol. The normalized spacial score (nSPS) is 15.9. The molecule has 0 spiro atoms. The summed E-state index contributed by atoms with van der Waals surface area (Å²) in [5, 5.41) is 3.11. The zero-order valence-corrected chi connectivity index (χ0v) is 15.9. The van der Waals surface area contributed by atoms with Gasteiger partial charge in [-0.1, -0.05) is 31.4 Å². The van der Waals surface area contributed by atoms with Gasteiger partial charge in [-0.2, -0.15) is 0 Å². The third kappa shape index (κ3) is 6.69. The summed E-state index contributed by atoms with van der Waals surface area (Å²) in [6.45, 7) is 2.29. The van der Waals surface area contributed by atoms with Gasteiger partial charge in [0.15, 0.2) is 0 Å².